The third-order valence-electron chi connectivity index (χ3n) is 2.64. The SMILES string of the molecule is C=CCOC(C)CN1CCC(=O)NC(C)C1=O. The number of nitrogens with one attached hydrogen (secondary N) is 1. The molecule has 0 radical (unpaired) electrons. The molecule has 1 aliphatic rings. The van der Waals surface area contributed by atoms with E-state index in [-0.39, 0.29) is 17.9 Å². The van der Waals surface area contributed by atoms with E-state index in [4.69, 9.17) is 4.74 Å². The Morgan fingerprint density at radius 2 is 2.35 bits per heavy atom. The Hall–Kier alpha value is -1.36. The van der Waals surface area contributed by atoms with Crippen LogP contribution in [0.15, 0.2) is 12.7 Å². The van der Waals surface area contributed by atoms with E-state index >= 15 is 0 Å². The van der Waals surface area contributed by atoms with Crippen LogP contribution < -0.4 is 5.32 Å². The zero-order valence-corrected chi connectivity index (χ0v) is 10.4. The van der Waals surface area contributed by atoms with Gasteiger partial charge in [0.2, 0.25) is 11.8 Å². The van der Waals surface area contributed by atoms with Gasteiger partial charge in [-0.3, -0.25) is 9.59 Å². The highest BCUT2D eigenvalue weighted by atomic mass is 16.5. The molecule has 1 N–H and O–H groups in total. The van der Waals surface area contributed by atoms with Crippen molar-refractivity contribution in [2.75, 3.05) is 19.7 Å². The topological polar surface area (TPSA) is 58.6 Å². The number of rotatable bonds is 5. The first-order valence-corrected chi connectivity index (χ1v) is 5.85. The highest BCUT2D eigenvalue weighted by Gasteiger charge is 2.27. The molecule has 0 aromatic heterocycles. The van der Waals surface area contributed by atoms with Crippen LogP contribution in [0.25, 0.3) is 0 Å². The van der Waals surface area contributed by atoms with Crippen molar-refractivity contribution in [1.29, 1.82) is 0 Å². The first-order chi connectivity index (χ1) is 8.04. The normalized spacial score (nSPS) is 22.9. The quantitative estimate of drug-likeness (QED) is 0.704. The van der Waals surface area contributed by atoms with E-state index in [9.17, 15) is 9.59 Å². The van der Waals surface area contributed by atoms with Crippen LogP contribution in [0.1, 0.15) is 20.3 Å². The van der Waals surface area contributed by atoms with Gasteiger partial charge in [-0.2, -0.15) is 0 Å². The van der Waals surface area contributed by atoms with Crippen LogP contribution in [0.5, 0.6) is 0 Å². The summed E-state index contributed by atoms with van der Waals surface area (Å²) in [6.45, 7) is 8.61. The molecule has 1 saturated heterocycles. The third kappa shape index (κ3) is 4.19. The molecule has 0 aliphatic carbocycles. The lowest BCUT2D eigenvalue weighted by Gasteiger charge is -2.25. The fourth-order valence-corrected chi connectivity index (χ4v) is 1.77. The van der Waals surface area contributed by atoms with Crippen LogP contribution in [-0.4, -0.2) is 48.6 Å². The molecule has 0 bridgehead atoms. The predicted octanol–water partition coefficient (Wildman–Crippen LogP) is 0.314. The lowest BCUT2D eigenvalue weighted by molar-refractivity contribution is -0.134. The number of carbonyl (C=O) groups excluding carboxylic acids is 2. The van der Waals surface area contributed by atoms with Gasteiger partial charge in [-0.1, -0.05) is 6.08 Å². The number of carbonyl (C=O) groups is 2. The Balaban J connectivity index is 2.53. The van der Waals surface area contributed by atoms with Gasteiger partial charge in [0.1, 0.15) is 6.04 Å². The summed E-state index contributed by atoms with van der Waals surface area (Å²) in [6.07, 6.45) is 1.97. The Morgan fingerprint density at radius 1 is 1.65 bits per heavy atom. The fraction of sp³-hybridized carbons (Fsp3) is 0.667. The van der Waals surface area contributed by atoms with Crippen LogP contribution in [0, 0.1) is 0 Å². The lowest BCUT2D eigenvalue weighted by atomic mass is 10.2. The molecule has 1 rings (SSSR count). The largest absolute Gasteiger partial charge is 0.373 e. The van der Waals surface area contributed by atoms with Gasteiger partial charge < -0.3 is 15.0 Å². The maximum absolute atomic E-state index is 11.9. The molecular weight excluding hydrogens is 220 g/mol. The third-order valence-corrected chi connectivity index (χ3v) is 2.64. The Bertz CT molecular complexity index is 304. The summed E-state index contributed by atoms with van der Waals surface area (Å²) < 4.78 is 5.43. The van der Waals surface area contributed by atoms with Crippen molar-refractivity contribution in [3.8, 4) is 0 Å². The summed E-state index contributed by atoms with van der Waals surface area (Å²) >= 11 is 0. The van der Waals surface area contributed by atoms with Crippen molar-refractivity contribution in [3.63, 3.8) is 0 Å². The molecule has 2 amide bonds. The van der Waals surface area contributed by atoms with Gasteiger partial charge in [0.05, 0.1) is 12.7 Å². The maximum Gasteiger partial charge on any atom is 0.244 e. The zero-order valence-electron chi connectivity index (χ0n) is 10.4. The number of ether oxygens (including phenoxy) is 1. The van der Waals surface area contributed by atoms with Crippen molar-refractivity contribution in [2.24, 2.45) is 0 Å². The molecule has 0 saturated carbocycles. The number of amides is 2. The van der Waals surface area contributed by atoms with E-state index in [2.05, 4.69) is 11.9 Å². The van der Waals surface area contributed by atoms with E-state index in [1.54, 1.807) is 17.9 Å². The first kappa shape index (κ1) is 13.7. The molecule has 2 atom stereocenters. The van der Waals surface area contributed by atoms with Gasteiger partial charge in [0, 0.05) is 19.5 Å². The van der Waals surface area contributed by atoms with E-state index < -0.39 is 6.04 Å². The minimum absolute atomic E-state index is 0.0510. The lowest BCUT2D eigenvalue weighted by Crippen LogP contribution is -2.45. The smallest absolute Gasteiger partial charge is 0.244 e. The van der Waals surface area contributed by atoms with E-state index in [0.717, 1.165) is 0 Å². The van der Waals surface area contributed by atoms with Gasteiger partial charge >= 0.3 is 0 Å². The van der Waals surface area contributed by atoms with Crippen molar-refractivity contribution >= 4 is 11.8 Å². The predicted molar refractivity (Wildman–Crippen MR) is 64.4 cm³/mol. The van der Waals surface area contributed by atoms with Crippen LogP contribution in [0.3, 0.4) is 0 Å². The molecule has 96 valence electrons. The highest BCUT2D eigenvalue weighted by Crippen LogP contribution is 2.06. The summed E-state index contributed by atoms with van der Waals surface area (Å²) in [5, 5.41) is 2.65. The molecule has 1 heterocycles. The summed E-state index contributed by atoms with van der Waals surface area (Å²) in [4.78, 5) is 24.9. The molecule has 5 nitrogen and oxygen atoms in total. The molecule has 2 unspecified atom stereocenters. The maximum atomic E-state index is 11.9. The average Bonchev–Trinajstić information content (AvgIpc) is 2.40. The summed E-state index contributed by atoms with van der Waals surface area (Å²) in [6, 6.07) is -0.448. The number of hydrogen-bond acceptors (Lipinski definition) is 3. The molecule has 0 aromatic carbocycles. The summed E-state index contributed by atoms with van der Waals surface area (Å²) in [5.74, 6) is -0.127. The number of nitrogens with zero attached hydrogens (tertiary/aromatic N) is 1. The van der Waals surface area contributed by atoms with Gasteiger partial charge in [-0.25, -0.2) is 0 Å². The van der Waals surface area contributed by atoms with Crippen molar-refractivity contribution in [3.05, 3.63) is 12.7 Å². The molecule has 17 heavy (non-hydrogen) atoms. The monoisotopic (exact) mass is 240 g/mol. The van der Waals surface area contributed by atoms with Gasteiger partial charge in [0.25, 0.3) is 0 Å². The minimum atomic E-state index is -0.448. The summed E-state index contributed by atoms with van der Waals surface area (Å²) in [5.41, 5.74) is 0. The minimum Gasteiger partial charge on any atom is -0.373 e. The van der Waals surface area contributed by atoms with Crippen molar-refractivity contribution in [1.82, 2.24) is 10.2 Å². The molecular formula is C12H20N2O3. The highest BCUT2D eigenvalue weighted by molar-refractivity contribution is 5.89. The van der Waals surface area contributed by atoms with Crippen LogP contribution in [0.2, 0.25) is 0 Å². The Labute approximate surface area is 102 Å². The summed E-state index contributed by atoms with van der Waals surface area (Å²) in [7, 11) is 0. The van der Waals surface area contributed by atoms with E-state index in [0.29, 0.717) is 26.1 Å². The molecule has 0 aromatic rings. The van der Waals surface area contributed by atoms with Crippen LogP contribution in [-0.2, 0) is 14.3 Å². The van der Waals surface area contributed by atoms with Gasteiger partial charge in [-0.05, 0) is 13.8 Å². The van der Waals surface area contributed by atoms with Crippen LogP contribution in [0.4, 0.5) is 0 Å². The van der Waals surface area contributed by atoms with Crippen molar-refractivity contribution in [2.45, 2.75) is 32.4 Å². The second kappa shape index (κ2) is 6.39. The molecule has 0 spiro atoms. The average molecular weight is 240 g/mol. The van der Waals surface area contributed by atoms with Gasteiger partial charge in [0.15, 0.2) is 0 Å². The Kier molecular flexibility index (Phi) is 5.15. The second-order valence-electron chi connectivity index (χ2n) is 4.26. The fourth-order valence-electron chi connectivity index (χ4n) is 1.77. The van der Waals surface area contributed by atoms with E-state index in [1.807, 2.05) is 6.92 Å². The first-order valence-electron chi connectivity index (χ1n) is 5.85. The molecule has 5 heteroatoms. The van der Waals surface area contributed by atoms with Crippen molar-refractivity contribution < 1.29 is 14.3 Å². The molecule has 1 fully saturated rings. The number of hydrogen-bond donors (Lipinski definition) is 1. The Morgan fingerprint density at radius 3 is 3.00 bits per heavy atom. The second-order valence-corrected chi connectivity index (χ2v) is 4.26. The van der Waals surface area contributed by atoms with Crippen LogP contribution >= 0.6 is 0 Å². The standard InChI is InChI=1S/C12H20N2O3/c1-4-7-17-9(2)8-14-6-5-11(15)13-10(3)12(14)16/h4,9-10H,1,5-8H2,2-3H3,(H,13,15). The molecule has 1 aliphatic heterocycles. The van der Waals surface area contributed by atoms with E-state index in [1.165, 1.54) is 0 Å². The zero-order chi connectivity index (χ0) is 12.8. The van der Waals surface area contributed by atoms with Gasteiger partial charge in [-0.15, -0.1) is 6.58 Å².